The zero-order valence-electron chi connectivity index (χ0n) is 53.3. The molecule has 7 rings (SSSR count). The molecule has 15 nitrogen and oxygen atoms in total. The largest absolute Gasteiger partial charge is 1.00 e. The maximum Gasteiger partial charge on any atom is 1.00 e. The van der Waals surface area contributed by atoms with Crippen LogP contribution in [-0.2, 0) is 67.9 Å². The average Bonchev–Trinajstić information content (AvgIpc) is 1.72. The number of alkyl halides is 1. The van der Waals surface area contributed by atoms with Gasteiger partial charge in [0.25, 0.3) is 0 Å². The van der Waals surface area contributed by atoms with Crippen LogP contribution >= 0.6 is 117 Å². The molecule has 0 aliphatic heterocycles. The number of aldehydes is 3. The first-order valence-electron chi connectivity index (χ1n) is 27.9. The number of aliphatic hydroxyl groups is 1. The summed E-state index contributed by atoms with van der Waals surface area (Å²) in [6.45, 7) is 7.86. The molecule has 6 aromatic carbocycles. The number of rotatable bonds is 22. The van der Waals surface area contributed by atoms with Crippen molar-refractivity contribution in [3.63, 3.8) is 0 Å². The van der Waals surface area contributed by atoms with Gasteiger partial charge >= 0.3 is 49.1 Å². The molecule has 0 fully saturated rings. The van der Waals surface area contributed by atoms with Crippen LogP contribution in [-0.4, -0.2) is 90.0 Å². The predicted molar refractivity (Wildman–Crippen MR) is 376 cm³/mol. The molecule has 96 heavy (non-hydrogen) atoms. The molecule has 32 heteroatoms. The summed E-state index contributed by atoms with van der Waals surface area (Å²) in [5, 5.41) is 11.0. The van der Waals surface area contributed by atoms with E-state index in [0.29, 0.717) is 92.2 Å². The Morgan fingerprint density at radius 2 is 1.05 bits per heavy atom. The van der Waals surface area contributed by atoms with Crippen LogP contribution in [0, 0.1) is 34.9 Å². The molecule has 0 spiro atoms. The van der Waals surface area contributed by atoms with Gasteiger partial charge in [-0.2, -0.15) is 0 Å². The molecule has 0 amide bonds. The van der Waals surface area contributed by atoms with Crippen molar-refractivity contribution in [1.29, 1.82) is 0 Å². The van der Waals surface area contributed by atoms with Gasteiger partial charge in [0.2, 0.25) is 0 Å². The summed E-state index contributed by atoms with van der Waals surface area (Å²) in [4.78, 5) is 56.9. The van der Waals surface area contributed by atoms with Gasteiger partial charge in [0.15, 0.2) is 16.5 Å². The third-order valence-electron chi connectivity index (χ3n) is 10.9. The summed E-state index contributed by atoms with van der Waals surface area (Å²) in [5.74, 6) is -3.44. The first kappa shape index (κ1) is 93.1. The Kier molecular flexibility index (Phi) is 52.3. The van der Waals surface area contributed by atoms with E-state index in [0.717, 1.165) is 17.2 Å². The van der Waals surface area contributed by atoms with E-state index in [1.54, 1.807) is 82.4 Å². The molecule has 0 bridgehead atoms. The second-order valence-electron chi connectivity index (χ2n) is 17.8. The van der Waals surface area contributed by atoms with Gasteiger partial charge in [0.05, 0.1) is 46.9 Å². The van der Waals surface area contributed by atoms with Crippen molar-refractivity contribution in [2.45, 2.75) is 71.0 Å². The summed E-state index contributed by atoms with van der Waals surface area (Å²) >= 11 is 42.8. The molecule has 0 aliphatic carbocycles. The van der Waals surface area contributed by atoms with Gasteiger partial charge in [-0.25, -0.2) is 36.1 Å². The topological polar surface area (TPSA) is 251 Å². The third-order valence-corrected chi connectivity index (χ3v) is 16.3. The summed E-state index contributed by atoms with van der Waals surface area (Å²) in [6, 6.07) is 26.6. The fourth-order valence-electron chi connectivity index (χ4n) is 6.77. The number of carbonyl (C=O) groups is 5. The summed E-state index contributed by atoms with van der Waals surface area (Å²) in [6.07, 6.45) is 8.05. The molecule has 0 aliphatic rings. The molecule has 0 saturated carbocycles. The first-order chi connectivity index (χ1) is 45.0. The maximum absolute atomic E-state index is 13.4. The number of halogens is 13. The van der Waals surface area contributed by atoms with E-state index in [9.17, 15) is 54.9 Å². The van der Waals surface area contributed by atoms with Crippen molar-refractivity contribution >= 4 is 164 Å². The Morgan fingerprint density at radius 1 is 0.646 bits per heavy atom. The monoisotopic (exact) mass is 1590 g/mol. The van der Waals surface area contributed by atoms with Gasteiger partial charge in [0, 0.05) is 84.5 Å². The van der Waals surface area contributed by atoms with Gasteiger partial charge in [0.1, 0.15) is 53.6 Å². The molecule has 1 heterocycles. The minimum atomic E-state index is -3.28. The SMILES string of the molecule is CCOC(=O)/C=C/c1c(F)cccc1Cl.CCOC(=O)CP(=O)(OCC)OCC.NC(N)=S.Nc1ncc(Cc2c(F)cccc2Cl)s1.O=CC(Br)Cc1c(F)cccc1Cl.O=CCCc1c(F)cccc1Cl.O=Cc1c(F)cccc1Cl.OCCCc1c(F)cccc1Cl.[H-].[Na+]. The van der Waals surface area contributed by atoms with E-state index in [1.807, 2.05) is 0 Å². The van der Waals surface area contributed by atoms with Crippen LogP contribution in [0.15, 0.2) is 121 Å². The van der Waals surface area contributed by atoms with Crippen molar-refractivity contribution in [3.8, 4) is 0 Å². The Balaban J connectivity index is -0.00000105. The zero-order valence-corrected chi connectivity index (χ0v) is 63.0. The molecule has 0 radical (unpaired) electrons. The van der Waals surface area contributed by atoms with Crippen molar-refractivity contribution in [3.05, 3.63) is 225 Å². The Morgan fingerprint density at radius 3 is 1.41 bits per heavy atom. The fourth-order valence-corrected chi connectivity index (χ4v) is 10.7. The minimum Gasteiger partial charge on any atom is -1.00 e. The molecular formula is C64H69BrCl6F6N4NaO11PS2. The van der Waals surface area contributed by atoms with Crippen LogP contribution in [0.2, 0.25) is 30.1 Å². The first-order valence-corrected chi connectivity index (χ1v) is 34.0. The molecule has 1 aromatic heterocycles. The zero-order chi connectivity index (χ0) is 72.1. The van der Waals surface area contributed by atoms with Crippen LogP contribution in [0.1, 0.15) is 85.0 Å². The van der Waals surface area contributed by atoms with Crippen LogP contribution in [0.3, 0.4) is 0 Å². The van der Waals surface area contributed by atoms with Gasteiger partial charge in [-0.05, 0) is 144 Å². The number of benzene rings is 6. The van der Waals surface area contributed by atoms with Crippen molar-refractivity contribution in [2.24, 2.45) is 11.5 Å². The van der Waals surface area contributed by atoms with Gasteiger partial charge in [-0.3, -0.25) is 14.2 Å². The van der Waals surface area contributed by atoms with E-state index >= 15 is 0 Å². The summed E-state index contributed by atoms with van der Waals surface area (Å²) in [5.41, 5.74) is 16.6. The smallest absolute Gasteiger partial charge is 1.00 e. The number of hydrogen-bond acceptors (Lipinski definition) is 15. The van der Waals surface area contributed by atoms with E-state index in [4.69, 9.17) is 89.5 Å². The van der Waals surface area contributed by atoms with E-state index in [-0.39, 0.29) is 131 Å². The predicted octanol–water partition coefficient (Wildman–Crippen LogP) is 14.6. The number of aromatic nitrogens is 1. The van der Waals surface area contributed by atoms with Crippen LogP contribution < -0.4 is 46.8 Å². The van der Waals surface area contributed by atoms with Crippen molar-refractivity contribution in [2.75, 3.05) is 44.9 Å². The van der Waals surface area contributed by atoms with Crippen LogP contribution in [0.4, 0.5) is 31.5 Å². The van der Waals surface area contributed by atoms with E-state index < -0.39 is 31.2 Å². The number of nitrogens with zero attached hydrogens (tertiary/aromatic N) is 1. The molecule has 7 aromatic rings. The second kappa shape index (κ2) is 53.9. The quantitative estimate of drug-likeness (QED) is 0.00719. The number of thiazole rings is 1. The van der Waals surface area contributed by atoms with Gasteiger partial charge < -0.3 is 51.8 Å². The normalized spacial score (nSPS) is 10.4. The average molecular weight is 1590 g/mol. The Bertz CT molecular complexity index is 3480. The van der Waals surface area contributed by atoms with Crippen LogP contribution in [0.5, 0.6) is 0 Å². The number of aliphatic hydroxyl groups excluding tert-OH is 1. The number of thiocarbonyl (C=S) groups is 1. The molecule has 1 atom stereocenters. The molecule has 0 saturated heterocycles. The van der Waals surface area contributed by atoms with Gasteiger partial charge in [-0.1, -0.05) is 122 Å². The number of nitrogens with two attached hydrogens (primary N) is 3. The number of nitrogen functional groups attached to an aromatic ring is 1. The number of anilines is 1. The number of carbonyl (C=O) groups excluding carboxylic acids is 5. The maximum atomic E-state index is 13.4. The number of ether oxygens (including phenoxy) is 2. The van der Waals surface area contributed by atoms with E-state index in [2.05, 4.69) is 54.1 Å². The van der Waals surface area contributed by atoms with Crippen LogP contribution in [0.25, 0.3) is 6.08 Å². The fraction of sp³-hybridized carbons (Fsp3) is 0.266. The van der Waals surface area contributed by atoms with Crippen molar-refractivity contribution in [1.82, 2.24) is 4.98 Å². The summed E-state index contributed by atoms with van der Waals surface area (Å²) in [7, 11) is -3.28. The molecule has 520 valence electrons. The number of esters is 2. The standard InChI is InChI=1S/C11H10ClFO2.C10H8ClFN2S.C9H7BrClFO.C9H10ClFO.C9H8ClFO.C8H17O5P.C7H4ClFO.CH4N2S.Na.H/c1-2-15-11(14)7-6-8-9(12)4-3-5-10(8)13;11-8-2-1-3-9(12)7(8)4-6-5-14-10(13)15-6;10-6(5-13)4-7-8(11)2-1-3-9(7)12;2*10-8-4-1-5-9(11)7(8)3-2-6-12;1-4-11-8(9)7-14(10,12-5-2)13-6-3;8-6-2-1-3-7(9)5(6)4-10;2-1(3)4;;/h3-7H,2H2,1H3;1-3,5H,4H2,(H2,13,14);1-3,5-6H,4H2;1,4-5,12H,2-3,6H2;1,4-6H,2-3H2;4-7H2,1-3H3;1-4H;(H4,2,3,4);;/q;;;;;;;;+1;-1/b7-6+;;;;;;;;;. The number of hydrogen-bond donors (Lipinski definition) is 4. The second-order valence-corrected chi connectivity index (χ2v) is 25.1. The summed E-state index contributed by atoms with van der Waals surface area (Å²) < 4.78 is 109. The Labute approximate surface area is 625 Å². The van der Waals surface area contributed by atoms with Gasteiger partial charge in [-0.15, -0.1) is 11.3 Å². The molecular weight excluding hydrogens is 1530 g/mol. The Hall–Kier alpha value is -4.96. The minimum absolute atomic E-state index is 0. The third kappa shape index (κ3) is 39.6. The molecule has 1 unspecified atom stereocenters. The van der Waals surface area contributed by atoms with Crippen molar-refractivity contribution < 1.29 is 109 Å². The molecule has 7 N–H and O–H groups in total. The van der Waals surface area contributed by atoms with E-state index in [1.165, 1.54) is 78.1 Å².